The summed E-state index contributed by atoms with van der Waals surface area (Å²) >= 11 is 0. The minimum atomic E-state index is -1.13. The van der Waals surface area contributed by atoms with Gasteiger partial charge in [-0.1, -0.05) is 60.7 Å². The first-order valence-corrected chi connectivity index (χ1v) is 7.46. The Kier molecular flexibility index (Phi) is 6.75. The van der Waals surface area contributed by atoms with Gasteiger partial charge < -0.3 is 14.9 Å². The largest absolute Gasteiger partial charge is 0.480 e. The van der Waals surface area contributed by atoms with E-state index >= 15 is 0 Å². The minimum absolute atomic E-state index is 0.0480. The second-order valence-electron chi connectivity index (χ2n) is 5.25. The number of benzene rings is 2. The molecule has 2 rings (SSSR count). The molecule has 0 aliphatic rings. The average molecular weight is 317 g/mol. The molecule has 0 aliphatic carbocycles. The van der Waals surface area contributed by atoms with Crippen LogP contribution in [0.3, 0.4) is 0 Å². The van der Waals surface area contributed by atoms with Crippen molar-refractivity contribution in [3.05, 3.63) is 71.8 Å². The van der Waals surface area contributed by atoms with Gasteiger partial charge in [-0.05, 0) is 11.1 Å². The van der Waals surface area contributed by atoms with Crippen molar-refractivity contribution in [1.82, 2.24) is 5.32 Å². The highest BCUT2D eigenvalue weighted by Gasteiger charge is 2.26. The molecule has 0 radical (unpaired) electrons. The number of hydrogen-bond donors (Lipinski definition) is 3. The fourth-order valence-electron chi connectivity index (χ4n) is 2.18. The highest BCUT2D eigenvalue weighted by molar-refractivity contribution is 5.74. The van der Waals surface area contributed by atoms with Crippen molar-refractivity contribution in [1.29, 1.82) is 0 Å². The summed E-state index contributed by atoms with van der Waals surface area (Å²) in [5.41, 5.74) is 1.93. The zero-order valence-electron chi connectivity index (χ0n) is 12.8. The fraction of sp³-hybridized carbons (Fsp3) is 0.278. The lowest BCUT2D eigenvalue weighted by Crippen LogP contribution is -2.47. The SMILES string of the molecule is O=C(O)[13C@H](NCc1ccccc1)[13C@H](O)COCc1ccccc1. The molecule has 0 saturated carbocycles. The quantitative estimate of drug-likeness (QED) is 0.615. The van der Waals surface area contributed by atoms with E-state index in [1.165, 1.54) is 0 Å². The number of aliphatic hydroxyl groups is 1. The number of carbonyl (C=O) groups is 1. The molecule has 5 heteroatoms. The number of nitrogens with one attached hydrogen (secondary N) is 1. The van der Waals surface area contributed by atoms with Gasteiger partial charge in [0.25, 0.3) is 0 Å². The maximum Gasteiger partial charge on any atom is 0.323 e. The minimum Gasteiger partial charge on any atom is -0.480 e. The number of carboxylic acid groups (broad SMARTS) is 1. The summed E-state index contributed by atoms with van der Waals surface area (Å²) in [6.07, 6.45) is -1.13. The molecule has 0 aromatic heterocycles. The van der Waals surface area contributed by atoms with E-state index in [2.05, 4.69) is 5.32 Å². The maximum atomic E-state index is 11.3. The number of ether oxygens (including phenoxy) is 1. The number of hydrogen-bond acceptors (Lipinski definition) is 4. The molecular formula is C18H21NO4. The van der Waals surface area contributed by atoms with Crippen molar-refractivity contribution >= 4 is 5.97 Å². The maximum absolute atomic E-state index is 11.3. The first-order valence-electron chi connectivity index (χ1n) is 7.46. The molecule has 0 heterocycles. The molecule has 0 fully saturated rings. The van der Waals surface area contributed by atoms with Gasteiger partial charge >= 0.3 is 5.97 Å². The van der Waals surface area contributed by atoms with Gasteiger partial charge in [-0.15, -0.1) is 0 Å². The van der Waals surface area contributed by atoms with Crippen LogP contribution in [-0.4, -0.2) is 34.9 Å². The first-order chi connectivity index (χ1) is 11.2. The smallest absolute Gasteiger partial charge is 0.323 e. The van der Waals surface area contributed by atoms with Crippen molar-refractivity contribution in [2.75, 3.05) is 6.61 Å². The molecule has 0 bridgehead atoms. The third-order valence-corrected chi connectivity index (χ3v) is 3.42. The van der Waals surface area contributed by atoms with Crippen LogP contribution in [0.1, 0.15) is 11.1 Å². The third-order valence-electron chi connectivity index (χ3n) is 3.42. The zero-order chi connectivity index (χ0) is 16.5. The van der Waals surface area contributed by atoms with E-state index in [1.54, 1.807) is 0 Å². The number of rotatable bonds is 9. The van der Waals surface area contributed by atoms with Gasteiger partial charge in [-0.3, -0.25) is 10.1 Å². The summed E-state index contributed by atoms with van der Waals surface area (Å²) < 4.78 is 5.41. The van der Waals surface area contributed by atoms with Crippen molar-refractivity contribution in [2.45, 2.75) is 25.3 Å². The molecule has 2 aromatic rings. The number of aliphatic hydroxyl groups excluding tert-OH is 1. The average Bonchev–Trinajstić information content (AvgIpc) is 2.56. The van der Waals surface area contributed by atoms with Gasteiger partial charge in [0.2, 0.25) is 0 Å². The Hall–Kier alpha value is -2.21. The van der Waals surface area contributed by atoms with E-state index in [4.69, 9.17) is 4.74 Å². The van der Waals surface area contributed by atoms with Crippen LogP contribution >= 0.6 is 0 Å². The van der Waals surface area contributed by atoms with Crippen molar-refractivity contribution in [3.63, 3.8) is 0 Å². The van der Waals surface area contributed by atoms with Crippen LogP contribution in [0.25, 0.3) is 0 Å². The molecule has 2 atom stereocenters. The summed E-state index contributed by atoms with van der Waals surface area (Å²) in [6, 6.07) is 17.9. The summed E-state index contributed by atoms with van der Waals surface area (Å²) in [4.78, 5) is 11.3. The van der Waals surface area contributed by atoms with E-state index < -0.39 is 18.1 Å². The molecule has 0 unspecified atom stereocenters. The van der Waals surface area contributed by atoms with E-state index in [0.717, 1.165) is 11.1 Å². The van der Waals surface area contributed by atoms with Crippen LogP contribution in [0.15, 0.2) is 60.7 Å². The third kappa shape index (κ3) is 5.83. The number of carboxylic acids is 1. The highest BCUT2D eigenvalue weighted by Crippen LogP contribution is 2.04. The van der Waals surface area contributed by atoms with Crippen LogP contribution in [0, 0.1) is 0 Å². The van der Waals surface area contributed by atoms with E-state index in [1.807, 2.05) is 60.7 Å². The predicted molar refractivity (Wildman–Crippen MR) is 86.8 cm³/mol. The fourth-order valence-corrected chi connectivity index (χ4v) is 2.18. The van der Waals surface area contributed by atoms with Gasteiger partial charge in [0.1, 0.15) is 12.1 Å². The van der Waals surface area contributed by atoms with Crippen molar-refractivity contribution in [2.24, 2.45) is 0 Å². The van der Waals surface area contributed by atoms with Crippen LogP contribution in [0.5, 0.6) is 0 Å². The predicted octanol–water partition coefficient (Wildman–Crippen LogP) is 1.81. The van der Waals surface area contributed by atoms with Gasteiger partial charge in [0.15, 0.2) is 0 Å². The first kappa shape index (κ1) is 17.1. The highest BCUT2D eigenvalue weighted by atomic mass is 16.5. The molecule has 2 aromatic carbocycles. The van der Waals surface area contributed by atoms with Crippen molar-refractivity contribution < 1.29 is 19.7 Å². The van der Waals surface area contributed by atoms with Gasteiger partial charge in [-0.2, -0.15) is 0 Å². The molecule has 0 amide bonds. The lowest BCUT2D eigenvalue weighted by molar-refractivity contribution is -0.144. The van der Waals surface area contributed by atoms with Crippen LogP contribution in [-0.2, 0) is 22.7 Å². The second-order valence-corrected chi connectivity index (χ2v) is 5.25. The summed E-state index contributed by atoms with van der Waals surface area (Å²) in [7, 11) is 0. The Morgan fingerprint density at radius 3 is 2.13 bits per heavy atom. The summed E-state index contributed by atoms with van der Waals surface area (Å²) in [6.45, 7) is 0.657. The topological polar surface area (TPSA) is 78.8 Å². The van der Waals surface area contributed by atoms with Gasteiger partial charge in [0, 0.05) is 6.54 Å². The molecule has 23 heavy (non-hydrogen) atoms. The molecular weight excluding hydrogens is 296 g/mol. The van der Waals surface area contributed by atoms with E-state index in [-0.39, 0.29) is 6.61 Å². The lowest BCUT2D eigenvalue weighted by atomic mass is 10.2. The second kappa shape index (κ2) is 9.05. The Bertz CT molecular complexity index is 588. The monoisotopic (exact) mass is 317 g/mol. The Balaban J connectivity index is 1.81. The Morgan fingerprint density at radius 2 is 1.57 bits per heavy atom. The standard InChI is InChI=1S/C18H21NO4/c20-16(13-23-12-15-9-5-2-6-10-15)17(18(21)22)19-11-14-7-3-1-4-8-14/h1-10,16-17,19-20H,11-13H2,(H,21,22)/t16-,17-/m1/s1/i16+1,17+1. The van der Waals surface area contributed by atoms with Crippen LogP contribution in [0.4, 0.5) is 0 Å². The van der Waals surface area contributed by atoms with Crippen molar-refractivity contribution in [3.8, 4) is 0 Å². The van der Waals surface area contributed by atoms with Crippen LogP contribution in [0.2, 0.25) is 0 Å². The summed E-state index contributed by atoms with van der Waals surface area (Å²) in [5, 5.41) is 22.2. The van der Waals surface area contributed by atoms with Gasteiger partial charge in [-0.25, -0.2) is 0 Å². The van der Waals surface area contributed by atoms with E-state index in [0.29, 0.717) is 13.2 Å². The Morgan fingerprint density at radius 1 is 1.00 bits per heavy atom. The zero-order valence-corrected chi connectivity index (χ0v) is 12.8. The lowest BCUT2D eigenvalue weighted by Gasteiger charge is -2.20. The molecule has 5 nitrogen and oxygen atoms in total. The molecule has 0 saturated heterocycles. The van der Waals surface area contributed by atoms with E-state index in [9.17, 15) is 15.0 Å². The number of aliphatic carboxylic acids is 1. The van der Waals surface area contributed by atoms with Gasteiger partial charge in [0.05, 0.1) is 13.2 Å². The molecule has 0 spiro atoms. The molecule has 0 aliphatic heterocycles. The normalized spacial score (nSPS) is 13.4. The molecule has 122 valence electrons. The molecule has 3 N–H and O–H groups in total. The Labute approximate surface area is 135 Å². The van der Waals surface area contributed by atoms with Crippen LogP contribution < -0.4 is 5.32 Å². The summed E-state index contributed by atoms with van der Waals surface area (Å²) in [5.74, 6) is -1.10.